The van der Waals surface area contributed by atoms with E-state index < -0.39 is 17.7 Å². The summed E-state index contributed by atoms with van der Waals surface area (Å²) >= 11 is 6.11. The van der Waals surface area contributed by atoms with Gasteiger partial charge in [-0.3, -0.25) is 4.79 Å². The lowest BCUT2D eigenvalue weighted by atomic mass is 10.0. The fourth-order valence-electron chi connectivity index (χ4n) is 4.22. The Morgan fingerprint density at radius 3 is 2.52 bits per heavy atom. The first-order valence-electron chi connectivity index (χ1n) is 12.4. The predicted octanol–water partition coefficient (Wildman–Crippen LogP) is 7.01. The number of hydrogen-bond acceptors (Lipinski definition) is 5. The molecule has 5 rings (SSSR count). The molecule has 40 heavy (non-hydrogen) atoms. The monoisotopic (exact) mass is 555 g/mol. The highest BCUT2D eigenvalue weighted by Gasteiger charge is 2.21. The third kappa shape index (κ3) is 5.57. The van der Waals surface area contributed by atoms with Gasteiger partial charge in [-0.25, -0.2) is 14.6 Å². The van der Waals surface area contributed by atoms with Crippen LogP contribution in [-0.2, 0) is 0 Å². The molecule has 5 aromatic rings. The van der Waals surface area contributed by atoms with E-state index in [-0.39, 0.29) is 27.5 Å². The molecule has 4 aromatic carbocycles. The number of ether oxygens (including phenoxy) is 2. The summed E-state index contributed by atoms with van der Waals surface area (Å²) in [6.45, 7) is 2.13. The zero-order chi connectivity index (χ0) is 28.1. The lowest BCUT2D eigenvalue weighted by Crippen LogP contribution is -2.19. The van der Waals surface area contributed by atoms with Crippen LogP contribution in [0.3, 0.4) is 0 Å². The van der Waals surface area contributed by atoms with Gasteiger partial charge in [0.1, 0.15) is 11.5 Å². The van der Waals surface area contributed by atoms with Gasteiger partial charge in [0.2, 0.25) is 0 Å². The highest BCUT2D eigenvalue weighted by molar-refractivity contribution is 6.33. The van der Waals surface area contributed by atoms with Crippen LogP contribution in [0, 0.1) is 5.82 Å². The van der Waals surface area contributed by atoms with Gasteiger partial charge < -0.3 is 14.5 Å². The summed E-state index contributed by atoms with van der Waals surface area (Å²) in [5, 5.41) is 4.94. The number of carbonyl (C=O) groups is 2. The largest absolute Gasteiger partial charge is 0.490 e. The molecule has 0 spiro atoms. The number of aromatic nitrogens is 1. The van der Waals surface area contributed by atoms with Crippen LogP contribution in [0.25, 0.3) is 22.0 Å². The standard InChI is InChI=1S/C31H23ClFN3O4/c1-2-39-26-17-19(15-16-25(26)40-31(38)21-11-6-7-13-23(21)32)18-34-36-30(37)29-27(20-9-4-3-5-10-20)22-12-8-14-24(33)28(22)35-29/h3-18,35H,2H2,1H3,(H,36,37). The van der Waals surface area contributed by atoms with E-state index in [1.54, 1.807) is 61.5 Å². The van der Waals surface area contributed by atoms with Gasteiger partial charge in [-0.2, -0.15) is 5.10 Å². The number of carbonyl (C=O) groups excluding carboxylic acids is 2. The quantitative estimate of drug-likeness (QED) is 0.0932. The highest BCUT2D eigenvalue weighted by atomic mass is 35.5. The van der Waals surface area contributed by atoms with Crippen molar-refractivity contribution in [2.75, 3.05) is 6.61 Å². The Morgan fingerprint density at radius 2 is 1.75 bits per heavy atom. The van der Waals surface area contributed by atoms with Crippen molar-refractivity contribution >= 4 is 40.6 Å². The Morgan fingerprint density at radius 1 is 0.975 bits per heavy atom. The molecule has 0 saturated carbocycles. The van der Waals surface area contributed by atoms with Gasteiger partial charge >= 0.3 is 5.97 Å². The maximum Gasteiger partial charge on any atom is 0.345 e. The molecule has 200 valence electrons. The number of nitrogens with one attached hydrogen (secondary N) is 2. The summed E-state index contributed by atoms with van der Waals surface area (Å²) in [6, 6.07) is 25.4. The summed E-state index contributed by atoms with van der Waals surface area (Å²) in [7, 11) is 0. The number of aromatic amines is 1. The minimum Gasteiger partial charge on any atom is -0.490 e. The van der Waals surface area contributed by atoms with E-state index in [2.05, 4.69) is 15.5 Å². The summed E-state index contributed by atoms with van der Waals surface area (Å²) in [5.74, 6) is -1.10. The molecule has 0 saturated heterocycles. The molecule has 0 radical (unpaired) electrons. The van der Waals surface area contributed by atoms with Crippen LogP contribution < -0.4 is 14.9 Å². The van der Waals surface area contributed by atoms with E-state index in [0.717, 1.165) is 5.56 Å². The lowest BCUT2D eigenvalue weighted by molar-refractivity contribution is 0.0728. The van der Waals surface area contributed by atoms with Gasteiger partial charge in [-0.15, -0.1) is 0 Å². The van der Waals surface area contributed by atoms with Crippen molar-refractivity contribution in [3.05, 3.63) is 119 Å². The van der Waals surface area contributed by atoms with Crippen molar-refractivity contribution in [3.8, 4) is 22.6 Å². The van der Waals surface area contributed by atoms with E-state index >= 15 is 0 Å². The molecule has 0 fully saturated rings. The second kappa shape index (κ2) is 11.8. The van der Waals surface area contributed by atoms with Crippen molar-refractivity contribution < 1.29 is 23.5 Å². The van der Waals surface area contributed by atoms with Gasteiger partial charge in [0.05, 0.1) is 28.9 Å². The Kier molecular flexibility index (Phi) is 7.89. The number of fused-ring (bicyclic) bond motifs is 1. The van der Waals surface area contributed by atoms with E-state index in [0.29, 0.717) is 28.9 Å². The third-order valence-corrected chi connectivity index (χ3v) is 6.35. The molecule has 0 aliphatic carbocycles. The predicted molar refractivity (Wildman–Crippen MR) is 153 cm³/mol. The van der Waals surface area contributed by atoms with Crippen LogP contribution in [0.5, 0.6) is 11.5 Å². The lowest BCUT2D eigenvalue weighted by Gasteiger charge is -2.12. The normalized spacial score (nSPS) is 11.1. The Labute approximate surface area is 234 Å². The average molecular weight is 556 g/mol. The molecule has 1 heterocycles. The van der Waals surface area contributed by atoms with Crippen LogP contribution in [0.2, 0.25) is 5.02 Å². The van der Waals surface area contributed by atoms with Crippen molar-refractivity contribution in [2.45, 2.75) is 6.92 Å². The van der Waals surface area contributed by atoms with E-state index in [9.17, 15) is 14.0 Å². The van der Waals surface area contributed by atoms with Crippen molar-refractivity contribution in [1.82, 2.24) is 10.4 Å². The van der Waals surface area contributed by atoms with Gasteiger partial charge in [-0.05, 0) is 54.4 Å². The SMILES string of the molecule is CCOc1cc(C=NNC(=O)c2[nH]c3c(F)cccc3c2-c2ccccc2)ccc1OC(=O)c1ccccc1Cl. The van der Waals surface area contributed by atoms with Crippen molar-refractivity contribution in [2.24, 2.45) is 5.10 Å². The smallest absolute Gasteiger partial charge is 0.345 e. The summed E-state index contributed by atoms with van der Waals surface area (Å²) < 4.78 is 25.7. The Balaban J connectivity index is 1.37. The molecule has 1 aromatic heterocycles. The minimum atomic E-state index is -0.621. The Bertz CT molecular complexity index is 1730. The van der Waals surface area contributed by atoms with Crippen LogP contribution >= 0.6 is 11.6 Å². The molecule has 0 bridgehead atoms. The first-order valence-corrected chi connectivity index (χ1v) is 12.8. The van der Waals surface area contributed by atoms with Gasteiger partial charge in [0, 0.05) is 10.9 Å². The maximum atomic E-state index is 14.5. The fourth-order valence-corrected chi connectivity index (χ4v) is 4.43. The number of amides is 1. The number of H-pyrrole nitrogens is 1. The molecular weight excluding hydrogens is 533 g/mol. The van der Waals surface area contributed by atoms with Crippen LogP contribution in [0.1, 0.15) is 33.3 Å². The van der Waals surface area contributed by atoms with Crippen LogP contribution in [-0.4, -0.2) is 29.7 Å². The van der Waals surface area contributed by atoms with Crippen molar-refractivity contribution in [1.29, 1.82) is 0 Å². The fraction of sp³-hybridized carbons (Fsp3) is 0.0645. The molecule has 7 nitrogen and oxygen atoms in total. The molecule has 0 aliphatic rings. The minimum absolute atomic E-state index is 0.181. The zero-order valence-corrected chi connectivity index (χ0v) is 22.0. The van der Waals surface area contributed by atoms with Gasteiger partial charge in [0.15, 0.2) is 11.5 Å². The number of hydrazone groups is 1. The van der Waals surface area contributed by atoms with Crippen molar-refractivity contribution in [3.63, 3.8) is 0 Å². The first kappa shape index (κ1) is 26.6. The summed E-state index contributed by atoms with van der Waals surface area (Å²) in [5.41, 5.74) is 5.06. The first-order chi connectivity index (χ1) is 19.5. The number of esters is 1. The molecule has 2 N–H and O–H groups in total. The average Bonchev–Trinajstić information content (AvgIpc) is 3.36. The number of hydrogen-bond donors (Lipinski definition) is 2. The van der Waals surface area contributed by atoms with Gasteiger partial charge in [-0.1, -0.05) is 66.2 Å². The topological polar surface area (TPSA) is 92.8 Å². The van der Waals surface area contributed by atoms with Crippen LogP contribution in [0.15, 0.2) is 96.1 Å². The molecular formula is C31H23ClFN3O4. The molecule has 0 aliphatic heterocycles. The number of para-hydroxylation sites is 1. The second-order valence-electron chi connectivity index (χ2n) is 8.61. The third-order valence-electron chi connectivity index (χ3n) is 6.02. The van der Waals surface area contributed by atoms with Crippen LogP contribution in [0.4, 0.5) is 4.39 Å². The second-order valence-corrected chi connectivity index (χ2v) is 9.02. The highest BCUT2D eigenvalue weighted by Crippen LogP contribution is 2.34. The molecule has 0 unspecified atom stereocenters. The number of halogens is 2. The molecule has 9 heteroatoms. The maximum absolute atomic E-state index is 14.5. The molecule has 0 atom stereocenters. The summed E-state index contributed by atoms with van der Waals surface area (Å²) in [4.78, 5) is 28.7. The van der Waals surface area contributed by atoms with E-state index in [1.807, 2.05) is 30.3 Å². The zero-order valence-electron chi connectivity index (χ0n) is 21.3. The van der Waals surface area contributed by atoms with Gasteiger partial charge in [0.25, 0.3) is 5.91 Å². The summed E-state index contributed by atoms with van der Waals surface area (Å²) in [6.07, 6.45) is 1.42. The number of nitrogens with zero attached hydrogens (tertiary/aromatic N) is 1. The van der Waals surface area contributed by atoms with E-state index in [1.165, 1.54) is 12.3 Å². The number of benzene rings is 4. The Hall–Kier alpha value is -4.95. The number of rotatable bonds is 8. The molecule has 1 amide bonds. The van der Waals surface area contributed by atoms with E-state index in [4.69, 9.17) is 21.1 Å².